The Kier molecular flexibility index (Phi) is 6.60. The molecule has 1 aliphatic heterocycles. The quantitative estimate of drug-likeness (QED) is 0.736. The molecule has 1 heterocycles. The van der Waals surface area contributed by atoms with Crippen LogP contribution >= 0.6 is 0 Å². The van der Waals surface area contributed by atoms with E-state index in [1.165, 1.54) is 7.11 Å². The lowest BCUT2D eigenvalue weighted by atomic mass is 10.1. The normalized spacial score (nSPS) is 20.1. The first kappa shape index (κ1) is 19.0. The van der Waals surface area contributed by atoms with Crippen molar-refractivity contribution in [3.8, 4) is 0 Å². The highest BCUT2D eigenvalue weighted by Crippen LogP contribution is 2.32. The fraction of sp³-hybridized carbons (Fsp3) is 0.529. The molecule has 0 saturated carbocycles. The summed E-state index contributed by atoms with van der Waals surface area (Å²) < 4.78 is 10.3. The lowest BCUT2D eigenvalue weighted by Gasteiger charge is -2.41. The summed E-state index contributed by atoms with van der Waals surface area (Å²) in [6, 6.07) is 5.49. The topological polar surface area (TPSA) is 106 Å². The molecule has 1 saturated heterocycles. The van der Waals surface area contributed by atoms with Gasteiger partial charge in [0, 0.05) is 30.7 Å². The van der Waals surface area contributed by atoms with Crippen molar-refractivity contribution in [3.05, 3.63) is 23.8 Å². The third-order valence-corrected chi connectivity index (χ3v) is 4.06. The van der Waals surface area contributed by atoms with Gasteiger partial charge in [-0.25, -0.2) is 4.79 Å². The molecule has 1 aromatic rings. The molecular formula is C17H26N4O4. The number of benzene rings is 1. The Bertz CT molecular complexity index is 613. The first-order valence-corrected chi connectivity index (χ1v) is 8.31. The molecule has 8 heteroatoms. The van der Waals surface area contributed by atoms with Gasteiger partial charge in [-0.15, -0.1) is 0 Å². The lowest BCUT2D eigenvalue weighted by Crippen LogP contribution is -2.50. The van der Waals surface area contributed by atoms with Crippen molar-refractivity contribution in [2.75, 3.05) is 43.6 Å². The maximum atomic E-state index is 12.2. The predicted octanol–water partition coefficient (Wildman–Crippen LogP) is 1.17. The standard InChI is InChI=1S/C17H26N4O4/c1-11-9-25-10-12(2)21(11)15-5-4-13(16(22)19-7-6-18)8-14(15)20-17(23)24-3/h4-5,8,11-12H,6-7,9-10,18H2,1-3H3,(H,19,22)(H,20,23). The number of carbonyl (C=O) groups is 2. The van der Waals surface area contributed by atoms with Gasteiger partial charge in [0.05, 0.1) is 31.7 Å². The van der Waals surface area contributed by atoms with Gasteiger partial charge in [-0.2, -0.15) is 0 Å². The Morgan fingerprint density at radius 3 is 2.60 bits per heavy atom. The van der Waals surface area contributed by atoms with Gasteiger partial charge in [0.1, 0.15) is 0 Å². The minimum Gasteiger partial charge on any atom is -0.453 e. The van der Waals surface area contributed by atoms with Crippen LogP contribution < -0.4 is 21.3 Å². The summed E-state index contributed by atoms with van der Waals surface area (Å²) in [5, 5.41) is 5.42. The van der Waals surface area contributed by atoms with E-state index in [1.807, 2.05) is 6.07 Å². The first-order chi connectivity index (χ1) is 12.0. The Hall–Kier alpha value is -2.32. The van der Waals surface area contributed by atoms with E-state index in [4.69, 9.17) is 15.2 Å². The molecule has 1 aliphatic rings. The summed E-state index contributed by atoms with van der Waals surface area (Å²) in [6.45, 7) is 6.05. The zero-order chi connectivity index (χ0) is 18.4. The number of ether oxygens (including phenoxy) is 2. The molecule has 8 nitrogen and oxygen atoms in total. The summed E-state index contributed by atoms with van der Waals surface area (Å²) in [4.78, 5) is 26.1. The third kappa shape index (κ3) is 4.61. The van der Waals surface area contributed by atoms with Crippen molar-refractivity contribution >= 4 is 23.4 Å². The number of methoxy groups -OCH3 is 1. The van der Waals surface area contributed by atoms with Crippen LogP contribution in [0.1, 0.15) is 24.2 Å². The maximum Gasteiger partial charge on any atom is 0.411 e. The zero-order valence-corrected chi connectivity index (χ0v) is 14.9. The minimum absolute atomic E-state index is 0.138. The van der Waals surface area contributed by atoms with Crippen molar-refractivity contribution in [1.29, 1.82) is 0 Å². The van der Waals surface area contributed by atoms with Gasteiger partial charge in [0.2, 0.25) is 0 Å². The SMILES string of the molecule is COC(=O)Nc1cc(C(=O)NCCN)ccc1N1C(C)COCC1C. The van der Waals surface area contributed by atoms with Crippen molar-refractivity contribution in [3.63, 3.8) is 0 Å². The fourth-order valence-corrected chi connectivity index (χ4v) is 2.93. The monoisotopic (exact) mass is 350 g/mol. The van der Waals surface area contributed by atoms with Crippen molar-refractivity contribution in [1.82, 2.24) is 5.32 Å². The number of nitrogens with two attached hydrogens (primary N) is 1. The summed E-state index contributed by atoms with van der Waals surface area (Å²) in [6.07, 6.45) is -0.589. The molecule has 2 amide bonds. The van der Waals surface area contributed by atoms with Crippen LogP contribution in [0, 0.1) is 0 Å². The molecule has 0 aromatic heterocycles. The van der Waals surface area contributed by atoms with Crippen LogP contribution in [0.3, 0.4) is 0 Å². The number of hydrogen-bond donors (Lipinski definition) is 3. The molecule has 0 aliphatic carbocycles. The van der Waals surface area contributed by atoms with E-state index in [9.17, 15) is 9.59 Å². The molecule has 4 N–H and O–H groups in total. The second kappa shape index (κ2) is 8.68. The summed E-state index contributed by atoms with van der Waals surface area (Å²) >= 11 is 0. The van der Waals surface area contributed by atoms with Gasteiger partial charge in [0.15, 0.2) is 0 Å². The molecule has 1 aromatic carbocycles. The highest BCUT2D eigenvalue weighted by molar-refractivity contribution is 5.98. The van der Waals surface area contributed by atoms with Gasteiger partial charge in [0.25, 0.3) is 5.91 Å². The molecule has 0 bridgehead atoms. The number of carbonyl (C=O) groups excluding carboxylic acids is 2. The van der Waals surface area contributed by atoms with Gasteiger partial charge < -0.3 is 25.4 Å². The Balaban J connectivity index is 2.37. The van der Waals surface area contributed by atoms with Crippen molar-refractivity contribution < 1.29 is 19.1 Å². The van der Waals surface area contributed by atoms with Crippen molar-refractivity contribution in [2.45, 2.75) is 25.9 Å². The van der Waals surface area contributed by atoms with E-state index in [2.05, 4.69) is 29.4 Å². The predicted molar refractivity (Wildman–Crippen MR) is 96.1 cm³/mol. The van der Waals surface area contributed by atoms with E-state index >= 15 is 0 Å². The summed E-state index contributed by atoms with van der Waals surface area (Å²) in [7, 11) is 1.30. The Morgan fingerprint density at radius 2 is 2.00 bits per heavy atom. The maximum absolute atomic E-state index is 12.2. The van der Waals surface area contributed by atoms with Crippen LogP contribution in [-0.2, 0) is 9.47 Å². The smallest absolute Gasteiger partial charge is 0.411 e. The minimum atomic E-state index is -0.589. The van der Waals surface area contributed by atoms with Crippen LogP contribution in [0.2, 0.25) is 0 Å². The number of nitrogens with one attached hydrogen (secondary N) is 2. The number of hydrogen-bond acceptors (Lipinski definition) is 6. The lowest BCUT2D eigenvalue weighted by molar-refractivity contribution is 0.0757. The van der Waals surface area contributed by atoms with Crippen LogP contribution in [0.15, 0.2) is 18.2 Å². The van der Waals surface area contributed by atoms with Gasteiger partial charge >= 0.3 is 6.09 Å². The number of rotatable bonds is 5. The van der Waals surface area contributed by atoms with Crippen LogP contribution in [-0.4, -0.2) is 57.5 Å². The van der Waals surface area contributed by atoms with Crippen LogP contribution in [0.4, 0.5) is 16.2 Å². The van der Waals surface area contributed by atoms with Crippen LogP contribution in [0.5, 0.6) is 0 Å². The second-order valence-corrected chi connectivity index (χ2v) is 6.04. The average molecular weight is 350 g/mol. The zero-order valence-electron chi connectivity index (χ0n) is 14.9. The largest absolute Gasteiger partial charge is 0.453 e. The molecule has 2 unspecified atom stereocenters. The van der Waals surface area contributed by atoms with E-state index in [0.717, 1.165) is 5.69 Å². The summed E-state index contributed by atoms with van der Waals surface area (Å²) in [5.41, 5.74) is 7.20. The molecule has 2 rings (SSSR count). The summed E-state index contributed by atoms with van der Waals surface area (Å²) in [5.74, 6) is -0.243. The fourth-order valence-electron chi connectivity index (χ4n) is 2.93. The number of anilines is 2. The number of nitrogens with zero attached hydrogens (tertiary/aromatic N) is 1. The molecule has 25 heavy (non-hydrogen) atoms. The molecule has 0 spiro atoms. The van der Waals surface area contributed by atoms with Crippen molar-refractivity contribution in [2.24, 2.45) is 5.73 Å². The van der Waals surface area contributed by atoms with Gasteiger partial charge in [-0.05, 0) is 32.0 Å². The van der Waals surface area contributed by atoms with Crippen LogP contribution in [0.25, 0.3) is 0 Å². The number of amides is 2. The van der Waals surface area contributed by atoms with E-state index in [0.29, 0.717) is 37.6 Å². The first-order valence-electron chi connectivity index (χ1n) is 8.31. The van der Waals surface area contributed by atoms with E-state index in [-0.39, 0.29) is 18.0 Å². The highest BCUT2D eigenvalue weighted by Gasteiger charge is 2.28. The molecule has 0 radical (unpaired) electrons. The van der Waals surface area contributed by atoms with Gasteiger partial charge in [-0.1, -0.05) is 0 Å². The van der Waals surface area contributed by atoms with E-state index < -0.39 is 6.09 Å². The van der Waals surface area contributed by atoms with E-state index in [1.54, 1.807) is 12.1 Å². The Morgan fingerprint density at radius 1 is 1.32 bits per heavy atom. The highest BCUT2D eigenvalue weighted by atomic mass is 16.5. The average Bonchev–Trinajstić information content (AvgIpc) is 2.60. The van der Waals surface area contributed by atoms with Gasteiger partial charge in [-0.3, -0.25) is 10.1 Å². The molecule has 138 valence electrons. The Labute approximate surface area is 147 Å². The molecular weight excluding hydrogens is 324 g/mol. The molecule has 1 fully saturated rings. The molecule has 2 atom stereocenters. The number of morpholine rings is 1. The second-order valence-electron chi connectivity index (χ2n) is 6.04. The third-order valence-electron chi connectivity index (χ3n) is 4.06.